The SMILES string of the molecule is CC(Nc1nc(NN)ncc1F)C1CCCO1. The van der Waals surface area contributed by atoms with Crippen LogP contribution in [0.1, 0.15) is 19.8 Å². The Morgan fingerprint density at radius 2 is 2.47 bits per heavy atom. The highest BCUT2D eigenvalue weighted by atomic mass is 19.1. The minimum absolute atomic E-state index is 0.00692. The zero-order valence-corrected chi connectivity index (χ0v) is 9.61. The smallest absolute Gasteiger partial charge is 0.239 e. The molecule has 1 fully saturated rings. The molecule has 4 N–H and O–H groups in total. The number of hydrazine groups is 1. The quantitative estimate of drug-likeness (QED) is 0.536. The lowest BCUT2D eigenvalue weighted by Gasteiger charge is -2.20. The third-order valence-electron chi connectivity index (χ3n) is 2.76. The molecule has 0 saturated carbocycles. The first-order chi connectivity index (χ1) is 8.20. The van der Waals surface area contributed by atoms with Gasteiger partial charge in [-0.05, 0) is 19.8 Å². The molecule has 2 rings (SSSR count). The first kappa shape index (κ1) is 12.0. The van der Waals surface area contributed by atoms with Gasteiger partial charge in [0.2, 0.25) is 5.95 Å². The van der Waals surface area contributed by atoms with Crippen molar-refractivity contribution in [2.45, 2.75) is 31.9 Å². The van der Waals surface area contributed by atoms with Crippen molar-refractivity contribution in [1.82, 2.24) is 9.97 Å². The summed E-state index contributed by atoms with van der Waals surface area (Å²) >= 11 is 0. The van der Waals surface area contributed by atoms with E-state index in [-0.39, 0.29) is 23.9 Å². The Bertz CT molecular complexity index is 383. The van der Waals surface area contributed by atoms with Crippen LogP contribution in [0.25, 0.3) is 0 Å². The van der Waals surface area contributed by atoms with E-state index in [1.54, 1.807) is 0 Å². The molecule has 0 bridgehead atoms. The topological polar surface area (TPSA) is 85.1 Å². The van der Waals surface area contributed by atoms with Gasteiger partial charge in [0.25, 0.3) is 0 Å². The van der Waals surface area contributed by atoms with Gasteiger partial charge in [0.05, 0.1) is 18.3 Å². The van der Waals surface area contributed by atoms with Crippen LogP contribution in [0, 0.1) is 5.82 Å². The van der Waals surface area contributed by atoms with Gasteiger partial charge in [0, 0.05) is 6.61 Å². The van der Waals surface area contributed by atoms with Crippen molar-refractivity contribution in [3.8, 4) is 0 Å². The first-order valence-corrected chi connectivity index (χ1v) is 5.58. The van der Waals surface area contributed by atoms with Gasteiger partial charge < -0.3 is 10.1 Å². The van der Waals surface area contributed by atoms with Crippen LogP contribution in [-0.2, 0) is 4.74 Å². The minimum atomic E-state index is -0.506. The summed E-state index contributed by atoms with van der Waals surface area (Å²) in [7, 11) is 0. The van der Waals surface area contributed by atoms with Gasteiger partial charge in [-0.1, -0.05) is 0 Å². The molecule has 2 atom stereocenters. The monoisotopic (exact) mass is 241 g/mol. The molecule has 0 aromatic carbocycles. The molecule has 1 aliphatic heterocycles. The van der Waals surface area contributed by atoms with Crippen LogP contribution in [0.5, 0.6) is 0 Å². The second-order valence-corrected chi connectivity index (χ2v) is 4.02. The highest BCUT2D eigenvalue weighted by Gasteiger charge is 2.23. The Morgan fingerprint density at radius 3 is 3.12 bits per heavy atom. The molecule has 0 spiro atoms. The summed E-state index contributed by atoms with van der Waals surface area (Å²) in [6.07, 6.45) is 3.19. The summed E-state index contributed by atoms with van der Waals surface area (Å²) in [6.45, 7) is 2.70. The molecule has 1 aromatic rings. The van der Waals surface area contributed by atoms with Gasteiger partial charge >= 0.3 is 0 Å². The third-order valence-corrected chi connectivity index (χ3v) is 2.76. The van der Waals surface area contributed by atoms with Gasteiger partial charge in [-0.2, -0.15) is 4.98 Å². The number of nitrogen functional groups attached to an aromatic ring is 1. The van der Waals surface area contributed by atoms with Crippen LogP contribution < -0.4 is 16.6 Å². The molecule has 17 heavy (non-hydrogen) atoms. The second kappa shape index (κ2) is 5.24. The van der Waals surface area contributed by atoms with Crippen LogP contribution >= 0.6 is 0 Å². The lowest BCUT2D eigenvalue weighted by molar-refractivity contribution is 0.0995. The predicted octanol–water partition coefficient (Wildman–Crippen LogP) is 0.881. The summed E-state index contributed by atoms with van der Waals surface area (Å²) in [4.78, 5) is 7.58. The lowest BCUT2D eigenvalue weighted by atomic mass is 10.1. The summed E-state index contributed by atoms with van der Waals surface area (Å²) in [5.41, 5.74) is 2.28. The second-order valence-electron chi connectivity index (χ2n) is 4.02. The van der Waals surface area contributed by atoms with E-state index in [9.17, 15) is 4.39 Å². The van der Waals surface area contributed by atoms with Gasteiger partial charge in [-0.15, -0.1) is 0 Å². The number of nitrogens with zero attached hydrogens (tertiary/aromatic N) is 2. The van der Waals surface area contributed by atoms with Crippen molar-refractivity contribution < 1.29 is 9.13 Å². The van der Waals surface area contributed by atoms with E-state index in [0.717, 1.165) is 25.6 Å². The largest absolute Gasteiger partial charge is 0.376 e. The van der Waals surface area contributed by atoms with E-state index >= 15 is 0 Å². The Hall–Kier alpha value is -1.47. The Labute approximate surface area is 98.7 Å². The van der Waals surface area contributed by atoms with Crippen molar-refractivity contribution in [2.24, 2.45) is 5.84 Å². The van der Waals surface area contributed by atoms with Crippen LogP contribution in [0.4, 0.5) is 16.2 Å². The number of halogens is 1. The first-order valence-electron chi connectivity index (χ1n) is 5.58. The molecule has 1 aliphatic rings. The molecule has 7 heteroatoms. The number of hydrogen-bond acceptors (Lipinski definition) is 6. The molecule has 0 amide bonds. The van der Waals surface area contributed by atoms with Gasteiger partial charge in [0.1, 0.15) is 0 Å². The molecular formula is C10H16FN5O. The van der Waals surface area contributed by atoms with E-state index in [2.05, 4.69) is 20.7 Å². The zero-order chi connectivity index (χ0) is 12.3. The van der Waals surface area contributed by atoms with E-state index in [1.165, 1.54) is 0 Å². The maximum atomic E-state index is 13.5. The highest BCUT2D eigenvalue weighted by Crippen LogP contribution is 2.19. The third kappa shape index (κ3) is 2.80. The summed E-state index contributed by atoms with van der Waals surface area (Å²) in [5, 5.41) is 2.98. The average Bonchev–Trinajstić information content (AvgIpc) is 2.85. The summed E-state index contributed by atoms with van der Waals surface area (Å²) < 4.78 is 19.0. The summed E-state index contributed by atoms with van der Waals surface area (Å²) in [6, 6.07) is -0.00692. The van der Waals surface area contributed by atoms with Gasteiger partial charge in [-0.3, -0.25) is 5.43 Å². The molecule has 0 aliphatic carbocycles. The summed E-state index contributed by atoms with van der Waals surface area (Å²) in [5.74, 6) is 4.98. The van der Waals surface area contributed by atoms with Gasteiger partial charge in [0.15, 0.2) is 11.6 Å². The normalized spacial score (nSPS) is 21.2. The van der Waals surface area contributed by atoms with E-state index in [4.69, 9.17) is 10.6 Å². The highest BCUT2D eigenvalue weighted by molar-refractivity contribution is 5.41. The number of aromatic nitrogens is 2. The van der Waals surface area contributed by atoms with E-state index in [1.807, 2.05) is 6.92 Å². The van der Waals surface area contributed by atoms with Gasteiger partial charge in [-0.25, -0.2) is 15.2 Å². The van der Waals surface area contributed by atoms with Crippen molar-refractivity contribution in [3.63, 3.8) is 0 Å². The number of rotatable bonds is 4. The van der Waals surface area contributed by atoms with Crippen LogP contribution in [0.2, 0.25) is 0 Å². The maximum Gasteiger partial charge on any atom is 0.239 e. The average molecular weight is 241 g/mol. The molecule has 0 radical (unpaired) electrons. The van der Waals surface area contributed by atoms with Crippen molar-refractivity contribution in [3.05, 3.63) is 12.0 Å². The fourth-order valence-electron chi connectivity index (χ4n) is 1.84. The fourth-order valence-corrected chi connectivity index (χ4v) is 1.84. The number of nitrogens with one attached hydrogen (secondary N) is 2. The number of ether oxygens (including phenoxy) is 1. The van der Waals surface area contributed by atoms with Crippen molar-refractivity contribution in [2.75, 3.05) is 17.3 Å². The van der Waals surface area contributed by atoms with Crippen LogP contribution in [0.15, 0.2) is 6.20 Å². The van der Waals surface area contributed by atoms with Crippen LogP contribution in [-0.4, -0.2) is 28.7 Å². The number of nitrogens with two attached hydrogens (primary N) is 1. The molecule has 6 nitrogen and oxygen atoms in total. The Kier molecular flexibility index (Phi) is 3.70. The van der Waals surface area contributed by atoms with Crippen LogP contribution in [0.3, 0.4) is 0 Å². The molecule has 94 valence electrons. The van der Waals surface area contributed by atoms with Crippen molar-refractivity contribution in [1.29, 1.82) is 0 Å². The Balaban J connectivity index is 2.06. The zero-order valence-electron chi connectivity index (χ0n) is 9.61. The number of hydrogen-bond donors (Lipinski definition) is 3. The predicted molar refractivity (Wildman–Crippen MR) is 61.9 cm³/mol. The molecule has 1 aromatic heterocycles. The van der Waals surface area contributed by atoms with Crippen molar-refractivity contribution >= 4 is 11.8 Å². The molecule has 1 saturated heterocycles. The standard InChI is InChI=1S/C10H16FN5O/c1-6(8-3-2-4-17-8)14-9-7(11)5-13-10(15-9)16-12/h5-6,8H,2-4,12H2,1H3,(H2,13,14,15,16). The molecule has 2 unspecified atom stereocenters. The maximum absolute atomic E-state index is 13.5. The van der Waals surface area contributed by atoms with E-state index < -0.39 is 5.82 Å². The minimum Gasteiger partial charge on any atom is -0.376 e. The molecular weight excluding hydrogens is 225 g/mol. The Morgan fingerprint density at radius 1 is 1.65 bits per heavy atom. The lowest BCUT2D eigenvalue weighted by Crippen LogP contribution is -2.31. The fraction of sp³-hybridized carbons (Fsp3) is 0.600. The molecule has 2 heterocycles. The van der Waals surface area contributed by atoms with E-state index in [0.29, 0.717) is 0 Å². The number of anilines is 2.